The summed E-state index contributed by atoms with van der Waals surface area (Å²) in [4.78, 5) is 13.6. The van der Waals surface area contributed by atoms with Crippen molar-refractivity contribution in [1.29, 1.82) is 5.26 Å². The van der Waals surface area contributed by atoms with Crippen molar-refractivity contribution in [1.82, 2.24) is 14.8 Å². The van der Waals surface area contributed by atoms with E-state index in [2.05, 4.69) is 21.0 Å². The molecule has 8 nitrogen and oxygen atoms in total. The van der Waals surface area contributed by atoms with E-state index in [0.29, 0.717) is 0 Å². The number of carbonyl (C=O) groups is 1. The van der Waals surface area contributed by atoms with Crippen molar-refractivity contribution in [3.8, 4) is 6.07 Å². The summed E-state index contributed by atoms with van der Waals surface area (Å²) < 4.78 is 1.76. The average molecular weight is 210 g/mol. The van der Waals surface area contributed by atoms with E-state index in [9.17, 15) is 4.79 Å². The van der Waals surface area contributed by atoms with Crippen molar-refractivity contribution in [3.63, 3.8) is 0 Å². The number of nitrogens with two attached hydrogens (primary N) is 1. The fourth-order valence-corrected chi connectivity index (χ4v) is 0.523. The zero-order valence-electron chi connectivity index (χ0n) is 8.03. The number of primary amides is 1. The predicted molar refractivity (Wildman–Crippen MR) is 49.7 cm³/mol. The summed E-state index contributed by atoms with van der Waals surface area (Å²) in [6.07, 6.45) is 3.23. The fourth-order valence-electron chi connectivity index (χ4n) is 0.523. The van der Waals surface area contributed by atoms with Gasteiger partial charge in [-0.15, -0.1) is 0 Å². The van der Waals surface area contributed by atoms with Crippen LogP contribution in [0.5, 0.6) is 0 Å². The molecule has 0 aliphatic carbocycles. The second kappa shape index (κ2) is 7.02. The fraction of sp³-hybridized carbons (Fsp3) is 0.286. The molecule has 1 heterocycles. The zero-order chi connectivity index (χ0) is 11.7. The molecular formula is C7H10N6O2. The SMILES string of the molecule is CCn1cncn1.N#CC(=NO)C(N)=O. The minimum atomic E-state index is -1.03. The van der Waals surface area contributed by atoms with Crippen molar-refractivity contribution in [3.05, 3.63) is 12.7 Å². The van der Waals surface area contributed by atoms with E-state index in [4.69, 9.17) is 10.5 Å². The first-order chi connectivity index (χ1) is 7.15. The second-order valence-corrected chi connectivity index (χ2v) is 2.18. The van der Waals surface area contributed by atoms with Crippen molar-refractivity contribution in [2.75, 3.05) is 0 Å². The lowest BCUT2D eigenvalue weighted by atomic mass is 10.4. The summed E-state index contributed by atoms with van der Waals surface area (Å²) in [5.41, 5.74) is 3.82. The van der Waals surface area contributed by atoms with Gasteiger partial charge in [-0.25, -0.2) is 4.98 Å². The van der Waals surface area contributed by atoms with E-state index in [1.807, 2.05) is 6.92 Å². The Bertz CT molecular complexity index is 363. The molecule has 1 rings (SSSR count). The lowest BCUT2D eigenvalue weighted by molar-refractivity contribution is -0.112. The summed E-state index contributed by atoms with van der Waals surface area (Å²) in [5.74, 6) is -1.03. The molecule has 0 atom stereocenters. The third-order valence-corrected chi connectivity index (χ3v) is 1.23. The third kappa shape index (κ3) is 4.99. The number of hydrogen-bond acceptors (Lipinski definition) is 6. The monoisotopic (exact) mass is 210 g/mol. The van der Waals surface area contributed by atoms with Gasteiger partial charge in [0.2, 0.25) is 5.71 Å². The third-order valence-electron chi connectivity index (χ3n) is 1.23. The van der Waals surface area contributed by atoms with Gasteiger partial charge in [-0.2, -0.15) is 10.4 Å². The van der Waals surface area contributed by atoms with Gasteiger partial charge in [0.25, 0.3) is 5.91 Å². The molecule has 0 aliphatic rings. The maximum absolute atomic E-state index is 9.87. The number of nitrogens with zero attached hydrogens (tertiary/aromatic N) is 5. The molecule has 15 heavy (non-hydrogen) atoms. The van der Waals surface area contributed by atoms with E-state index in [0.717, 1.165) is 6.54 Å². The Labute approximate surface area is 85.6 Å². The van der Waals surface area contributed by atoms with E-state index >= 15 is 0 Å². The minimum absolute atomic E-state index is 0.690. The van der Waals surface area contributed by atoms with Crippen molar-refractivity contribution < 1.29 is 10.0 Å². The van der Waals surface area contributed by atoms with Crippen LogP contribution in [-0.2, 0) is 11.3 Å². The van der Waals surface area contributed by atoms with E-state index in [-0.39, 0.29) is 0 Å². The average Bonchev–Trinajstić information content (AvgIpc) is 2.72. The molecule has 0 saturated heterocycles. The first-order valence-electron chi connectivity index (χ1n) is 3.90. The van der Waals surface area contributed by atoms with Gasteiger partial charge in [0.05, 0.1) is 0 Å². The van der Waals surface area contributed by atoms with Crippen LogP contribution in [0.4, 0.5) is 0 Å². The van der Waals surface area contributed by atoms with Crippen molar-refractivity contribution >= 4 is 11.6 Å². The van der Waals surface area contributed by atoms with Crippen molar-refractivity contribution in [2.45, 2.75) is 13.5 Å². The molecule has 0 aliphatic heterocycles. The molecule has 0 saturated carbocycles. The molecule has 1 aromatic rings. The van der Waals surface area contributed by atoms with Gasteiger partial charge in [-0.05, 0) is 6.92 Å². The lowest BCUT2D eigenvalue weighted by Crippen LogP contribution is -2.21. The first kappa shape index (κ1) is 12.6. The Morgan fingerprint density at radius 3 is 2.60 bits per heavy atom. The number of aryl methyl sites for hydroxylation is 1. The first-order valence-corrected chi connectivity index (χ1v) is 3.90. The van der Waals surface area contributed by atoms with E-state index in [1.165, 1.54) is 12.4 Å². The van der Waals surface area contributed by atoms with Crippen LogP contribution in [0.1, 0.15) is 6.92 Å². The van der Waals surface area contributed by atoms with E-state index < -0.39 is 11.6 Å². The molecule has 80 valence electrons. The highest BCUT2D eigenvalue weighted by Gasteiger charge is 2.02. The molecule has 0 bridgehead atoms. The Morgan fingerprint density at radius 2 is 2.47 bits per heavy atom. The normalized spacial score (nSPS) is 9.73. The second-order valence-electron chi connectivity index (χ2n) is 2.18. The van der Waals surface area contributed by atoms with Crippen molar-refractivity contribution in [2.24, 2.45) is 10.9 Å². The topological polar surface area (TPSA) is 130 Å². The van der Waals surface area contributed by atoms with Crippen LogP contribution in [0.25, 0.3) is 0 Å². The largest absolute Gasteiger partial charge is 0.410 e. The summed E-state index contributed by atoms with van der Waals surface area (Å²) in [6.45, 7) is 2.93. The highest BCUT2D eigenvalue weighted by atomic mass is 16.4. The van der Waals surface area contributed by atoms with Crippen LogP contribution in [-0.4, -0.2) is 31.6 Å². The summed E-state index contributed by atoms with van der Waals surface area (Å²) in [6, 6.07) is 1.28. The van der Waals surface area contributed by atoms with Crippen LogP contribution < -0.4 is 5.73 Å². The van der Waals surface area contributed by atoms with Crippen LogP contribution in [0, 0.1) is 11.3 Å². The van der Waals surface area contributed by atoms with E-state index in [1.54, 1.807) is 11.0 Å². The molecule has 0 spiro atoms. The lowest BCUT2D eigenvalue weighted by Gasteiger charge is -1.85. The zero-order valence-corrected chi connectivity index (χ0v) is 8.03. The number of nitriles is 1. The number of hydrogen-bond donors (Lipinski definition) is 2. The Kier molecular flexibility index (Phi) is 5.88. The van der Waals surface area contributed by atoms with Crippen LogP contribution in [0.2, 0.25) is 0 Å². The van der Waals surface area contributed by atoms with Crippen LogP contribution in [0.15, 0.2) is 17.8 Å². The number of carbonyl (C=O) groups excluding carboxylic acids is 1. The number of amides is 1. The predicted octanol–water partition coefficient (Wildman–Crippen LogP) is -0.877. The summed E-state index contributed by atoms with van der Waals surface area (Å²) in [7, 11) is 0. The number of oxime groups is 1. The molecule has 1 amide bonds. The summed E-state index contributed by atoms with van der Waals surface area (Å²) >= 11 is 0. The molecule has 0 unspecified atom stereocenters. The van der Waals surface area contributed by atoms with Gasteiger partial charge in [-0.3, -0.25) is 9.48 Å². The molecule has 8 heteroatoms. The molecular weight excluding hydrogens is 200 g/mol. The van der Waals surface area contributed by atoms with Gasteiger partial charge in [0, 0.05) is 6.54 Å². The molecule has 0 radical (unpaired) electrons. The quantitative estimate of drug-likeness (QED) is 0.372. The molecule has 1 aromatic heterocycles. The standard InChI is InChI=1S/C4H7N3.C3H3N3O2/c1-2-7-4-5-3-6-7;4-1-2(6-8)3(5)7/h3-4H,2H2,1H3;8H,(H2,5,7). The summed E-state index contributed by atoms with van der Waals surface area (Å²) in [5, 5.41) is 21.7. The maximum Gasteiger partial charge on any atom is 0.281 e. The minimum Gasteiger partial charge on any atom is -0.410 e. The smallest absolute Gasteiger partial charge is 0.281 e. The highest BCUT2D eigenvalue weighted by molar-refractivity contribution is 6.44. The maximum atomic E-state index is 9.87. The Hall–Kier alpha value is -2.43. The molecule has 0 aromatic carbocycles. The van der Waals surface area contributed by atoms with Gasteiger partial charge in [0.1, 0.15) is 18.7 Å². The highest BCUT2D eigenvalue weighted by Crippen LogP contribution is 1.74. The van der Waals surface area contributed by atoms with Gasteiger partial charge in [0.15, 0.2) is 0 Å². The van der Waals surface area contributed by atoms with Crippen LogP contribution in [0.3, 0.4) is 0 Å². The number of aromatic nitrogens is 3. The van der Waals surface area contributed by atoms with Gasteiger partial charge >= 0.3 is 0 Å². The molecule has 0 fully saturated rings. The van der Waals surface area contributed by atoms with Crippen LogP contribution >= 0.6 is 0 Å². The van der Waals surface area contributed by atoms with Gasteiger partial charge < -0.3 is 10.9 Å². The Morgan fingerprint density at radius 1 is 1.80 bits per heavy atom. The molecule has 3 N–H and O–H groups in total. The number of rotatable bonds is 2. The van der Waals surface area contributed by atoms with Gasteiger partial charge in [-0.1, -0.05) is 5.16 Å². The Balaban J connectivity index is 0.000000262.